The van der Waals surface area contributed by atoms with Crippen LogP contribution in [0.3, 0.4) is 0 Å². The van der Waals surface area contributed by atoms with Crippen LogP contribution in [-0.4, -0.2) is 83.6 Å². The van der Waals surface area contributed by atoms with Crippen LogP contribution in [-0.2, 0) is 10.5 Å². The number of benzene rings is 2. The maximum atomic E-state index is 11.6. The maximum absolute atomic E-state index is 11.6. The summed E-state index contributed by atoms with van der Waals surface area (Å²) in [4.78, 5) is 18.6. The van der Waals surface area contributed by atoms with Crippen LogP contribution in [0.4, 0.5) is 5.69 Å². The zero-order chi connectivity index (χ0) is 26.3. The highest BCUT2D eigenvalue weighted by atomic mass is 32.2. The molecule has 3 heterocycles. The van der Waals surface area contributed by atoms with E-state index in [1.165, 1.54) is 5.69 Å². The molecular weight excluding hydrogens is 498 g/mol. The van der Waals surface area contributed by atoms with Crippen LogP contribution in [0.15, 0.2) is 59.0 Å². The molecule has 202 valence electrons. The van der Waals surface area contributed by atoms with Crippen molar-refractivity contribution in [2.75, 3.05) is 50.5 Å². The van der Waals surface area contributed by atoms with Crippen LogP contribution in [0.25, 0.3) is 11.5 Å². The molecular formula is C29H37N5O3S. The van der Waals surface area contributed by atoms with Crippen molar-refractivity contribution in [3.05, 3.63) is 60.5 Å². The van der Waals surface area contributed by atoms with Gasteiger partial charge in [-0.3, -0.25) is 9.69 Å². The van der Waals surface area contributed by atoms with E-state index >= 15 is 0 Å². The quantitative estimate of drug-likeness (QED) is 0.350. The third kappa shape index (κ3) is 6.69. The molecule has 0 spiro atoms. The summed E-state index contributed by atoms with van der Waals surface area (Å²) < 4.78 is 11.6. The molecule has 3 aromatic rings. The standard InChI is InChI=1S/C29H37N5O3S/c1-22(35)33-15-12-24(13-16-33)32(2)26-14-17-34(20-26)25-10-8-23(9-11-25)29-31-30-28(37-29)21-38-19-18-36-27-6-4-3-5-7-27/h3-11,24,26H,12-21H2,1-2H3. The summed E-state index contributed by atoms with van der Waals surface area (Å²) in [5.41, 5.74) is 2.17. The number of hydrogen-bond donors (Lipinski definition) is 0. The number of para-hydroxylation sites is 1. The summed E-state index contributed by atoms with van der Waals surface area (Å²) in [7, 11) is 2.26. The van der Waals surface area contributed by atoms with E-state index in [0.29, 0.717) is 36.2 Å². The van der Waals surface area contributed by atoms with Crippen molar-refractivity contribution < 1.29 is 13.9 Å². The van der Waals surface area contributed by atoms with Gasteiger partial charge in [0.1, 0.15) is 5.75 Å². The Bertz CT molecular complexity index is 1160. The molecule has 1 atom stereocenters. The van der Waals surface area contributed by atoms with Crippen molar-refractivity contribution in [2.24, 2.45) is 0 Å². The first kappa shape index (κ1) is 26.6. The summed E-state index contributed by atoms with van der Waals surface area (Å²) in [5.74, 6) is 3.79. The lowest BCUT2D eigenvalue weighted by Crippen LogP contribution is -2.48. The number of piperidine rings is 1. The van der Waals surface area contributed by atoms with Crippen LogP contribution in [0, 0.1) is 0 Å². The van der Waals surface area contributed by atoms with E-state index in [0.717, 1.165) is 62.5 Å². The molecule has 1 unspecified atom stereocenters. The second-order valence-corrected chi connectivity index (χ2v) is 11.2. The van der Waals surface area contributed by atoms with Gasteiger partial charge in [-0.25, -0.2) is 0 Å². The fourth-order valence-electron chi connectivity index (χ4n) is 5.33. The largest absolute Gasteiger partial charge is 0.493 e. The molecule has 0 aliphatic carbocycles. The van der Waals surface area contributed by atoms with Crippen LogP contribution in [0.1, 0.15) is 32.1 Å². The molecule has 1 aromatic heterocycles. The third-order valence-corrected chi connectivity index (χ3v) is 8.54. The molecule has 0 N–H and O–H groups in total. The highest BCUT2D eigenvalue weighted by Crippen LogP contribution is 2.28. The molecule has 8 nitrogen and oxygen atoms in total. The minimum Gasteiger partial charge on any atom is -0.493 e. The summed E-state index contributed by atoms with van der Waals surface area (Å²) in [5, 5.41) is 8.48. The van der Waals surface area contributed by atoms with Gasteiger partial charge in [0, 0.05) is 62.2 Å². The molecule has 0 radical (unpaired) electrons. The second kappa shape index (κ2) is 12.7. The summed E-state index contributed by atoms with van der Waals surface area (Å²) in [6.07, 6.45) is 3.28. The Morgan fingerprint density at radius 3 is 2.50 bits per heavy atom. The van der Waals surface area contributed by atoms with E-state index < -0.39 is 0 Å². The summed E-state index contributed by atoms with van der Waals surface area (Å²) in [6.45, 7) is 6.15. The lowest BCUT2D eigenvalue weighted by Gasteiger charge is -2.39. The van der Waals surface area contributed by atoms with E-state index in [1.807, 2.05) is 35.2 Å². The van der Waals surface area contributed by atoms with E-state index in [1.54, 1.807) is 18.7 Å². The van der Waals surface area contributed by atoms with Crippen LogP contribution in [0.2, 0.25) is 0 Å². The lowest BCUT2D eigenvalue weighted by atomic mass is 10.0. The Morgan fingerprint density at radius 2 is 1.76 bits per heavy atom. The van der Waals surface area contributed by atoms with Crippen LogP contribution in [0.5, 0.6) is 5.75 Å². The number of ether oxygens (including phenoxy) is 1. The predicted molar refractivity (Wildman–Crippen MR) is 151 cm³/mol. The van der Waals surface area contributed by atoms with Gasteiger partial charge >= 0.3 is 0 Å². The molecule has 2 aliphatic rings. The number of hydrogen-bond acceptors (Lipinski definition) is 8. The van der Waals surface area contributed by atoms with E-state index in [4.69, 9.17) is 9.15 Å². The minimum atomic E-state index is 0.196. The second-order valence-electron chi connectivity index (χ2n) is 10.1. The molecule has 9 heteroatoms. The number of anilines is 1. The number of aromatic nitrogens is 2. The average molecular weight is 536 g/mol. The van der Waals surface area contributed by atoms with Crippen molar-refractivity contribution >= 4 is 23.4 Å². The van der Waals surface area contributed by atoms with Crippen molar-refractivity contribution in [2.45, 2.75) is 44.0 Å². The monoisotopic (exact) mass is 535 g/mol. The van der Waals surface area contributed by atoms with E-state index in [2.05, 4.69) is 51.3 Å². The average Bonchev–Trinajstić information content (AvgIpc) is 3.64. The number of thioether (sulfide) groups is 1. The topological polar surface area (TPSA) is 74.9 Å². The Hall–Kier alpha value is -3.04. The number of likely N-dealkylation sites (N-methyl/N-ethyl adjacent to an activating group) is 1. The Balaban J connectivity index is 1.07. The first-order valence-corrected chi connectivity index (χ1v) is 14.6. The Labute approximate surface area is 229 Å². The number of amides is 1. The first-order chi connectivity index (χ1) is 18.6. The molecule has 1 amide bonds. The normalized spacial score (nSPS) is 18.3. The molecule has 0 saturated carbocycles. The van der Waals surface area contributed by atoms with Crippen molar-refractivity contribution in [1.29, 1.82) is 0 Å². The fraction of sp³-hybridized carbons (Fsp3) is 0.483. The first-order valence-electron chi connectivity index (χ1n) is 13.5. The summed E-state index contributed by atoms with van der Waals surface area (Å²) in [6, 6.07) is 19.4. The predicted octanol–water partition coefficient (Wildman–Crippen LogP) is 4.57. The number of carbonyl (C=O) groups is 1. The molecule has 2 fully saturated rings. The van der Waals surface area contributed by atoms with Gasteiger partial charge in [-0.1, -0.05) is 18.2 Å². The maximum Gasteiger partial charge on any atom is 0.247 e. The lowest BCUT2D eigenvalue weighted by molar-refractivity contribution is -0.130. The van der Waals surface area contributed by atoms with Crippen molar-refractivity contribution in [3.8, 4) is 17.2 Å². The van der Waals surface area contributed by atoms with Gasteiger partial charge in [0.2, 0.25) is 17.7 Å². The van der Waals surface area contributed by atoms with Crippen LogP contribution >= 0.6 is 11.8 Å². The molecule has 2 aromatic carbocycles. The van der Waals surface area contributed by atoms with Crippen LogP contribution < -0.4 is 9.64 Å². The van der Waals surface area contributed by atoms with Gasteiger partial charge in [-0.15, -0.1) is 22.0 Å². The highest BCUT2D eigenvalue weighted by Gasteiger charge is 2.32. The number of nitrogens with zero attached hydrogens (tertiary/aromatic N) is 5. The minimum absolute atomic E-state index is 0.196. The van der Waals surface area contributed by atoms with Gasteiger partial charge in [-0.2, -0.15) is 0 Å². The Kier molecular flexibility index (Phi) is 8.86. The van der Waals surface area contributed by atoms with Crippen molar-refractivity contribution in [3.63, 3.8) is 0 Å². The molecule has 38 heavy (non-hydrogen) atoms. The van der Waals surface area contributed by atoms with Gasteiger partial charge in [-0.05, 0) is 62.7 Å². The van der Waals surface area contributed by atoms with E-state index in [-0.39, 0.29) is 5.91 Å². The van der Waals surface area contributed by atoms with Crippen molar-refractivity contribution in [1.82, 2.24) is 20.0 Å². The fourth-order valence-corrected chi connectivity index (χ4v) is 5.97. The third-order valence-electron chi connectivity index (χ3n) is 7.64. The SMILES string of the molecule is CC(=O)N1CCC(N(C)C2CCN(c3ccc(-c4nnc(CSCCOc5ccccc5)o4)cc3)C2)CC1. The van der Waals surface area contributed by atoms with Gasteiger partial charge in [0.25, 0.3) is 0 Å². The zero-order valence-corrected chi connectivity index (χ0v) is 23.1. The smallest absolute Gasteiger partial charge is 0.247 e. The van der Waals surface area contributed by atoms with Gasteiger partial charge < -0.3 is 19.0 Å². The number of carbonyl (C=O) groups excluding carboxylic acids is 1. The van der Waals surface area contributed by atoms with E-state index in [9.17, 15) is 4.79 Å². The molecule has 5 rings (SSSR count). The molecule has 2 saturated heterocycles. The van der Waals surface area contributed by atoms with Gasteiger partial charge in [0.15, 0.2) is 0 Å². The molecule has 2 aliphatic heterocycles. The number of likely N-dealkylation sites (tertiary alicyclic amines) is 1. The highest BCUT2D eigenvalue weighted by molar-refractivity contribution is 7.98. The molecule has 0 bridgehead atoms. The Morgan fingerprint density at radius 1 is 1.03 bits per heavy atom. The number of rotatable bonds is 10. The summed E-state index contributed by atoms with van der Waals surface area (Å²) >= 11 is 1.72. The van der Waals surface area contributed by atoms with Gasteiger partial charge in [0.05, 0.1) is 12.4 Å². The zero-order valence-electron chi connectivity index (χ0n) is 22.3.